The van der Waals surface area contributed by atoms with Gasteiger partial charge in [0.25, 0.3) is 0 Å². The van der Waals surface area contributed by atoms with Crippen molar-refractivity contribution in [2.24, 2.45) is 5.92 Å². The van der Waals surface area contributed by atoms with Gasteiger partial charge in [-0.15, -0.1) is 0 Å². The lowest BCUT2D eigenvalue weighted by molar-refractivity contribution is -0.139. The van der Waals surface area contributed by atoms with Gasteiger partial charge < -0.3 is 9.64 Å². The number of hydrogen-bond acceptors (Lipinski definition) is 4. The highest BCUT2D eigenvalue weighted by atomic mass is 19.1. The number of amides is 1. The predicted molar refractivity (Wildman–Crippen MR) is 84.3 cm³/mol. The summed E-state index contributed by atoms with van der Waals surface area (Å²) in [5, 5.41) is 0. The van der Waals surface area contributed by atoms with Crippen molar-refractivity contribution in [1.82, 2.24) is 0 Å². The normalized spacial score (nSPS) is 17.0. The number of ether oxygens (including phenoxy) is 1. The Morgan fingerprint density at radius 2 is 1.88 bits per heavy atom. The number of rotatable bonds is 4. The van der Waals surface area contributed by atoms with E-state index in [1.54, 1.807) is 18.2 Å². The molecule has 0 unspecified atom stereocenters. The van der Waals surface area contributed by atoms with Crippen LogP contribution in [0.5, 0.6) is 5.75 Å². The third kappa shape index (κ3) is 3.17. The Bertz CT molecular complexity index is 788. The first-order valence-electron chi connectivity index (χ1n) is 7.40. The number of esters is 1. The maximum absolute atomic E-state index is 13.0. The molecule has 0 spiro atoms. The lowest BCUT2D eigenvalue weighted by atomic mass is 10.1. The summed E-state index contributed by atoms with van der Waals surface area (Å²) in [4.78, 5) is 36.8. The molecule has 0 radical (unpaired) electrons. The summed E-state index contributed by atoms with van der Waals surface area (Å²) in [6.07, 6.45) is 0.618. The van der Waals surface area contributed by atoms with Crippen LogP contribution in [0.4, 0.5) is 10.1 Å². The van der Waals surface area contributed by atoms with Crippen LogP contribution in [-0.4, -0.2) is 24.7 Å². The van der Waals surface area contributed by atoms with Gasteiger partial charge in [-0.1, -0.05) is 12.1 Å². The Morgan fingerprint density at radius 1 is 1.17 bits per heavy atom. The first-order valence-corrected chi connectivity index (χ1v) is 7.40. The highest BCUT2D eigenvalue weighted by molar-refractivity contribution is 5.99. The second-order valence-electron chi connectivity index (χ2n) is 5.46. The van der Waals surface area contributed by atoms with Gasteiger partial charge in [0.05, 0.1) is 11.5 Å². The van der Waals surface area contributed by atoms with Crippen molar-refractivity contribution in [1.29, 1.82) is 0 Å². The monoisotopic (exact) mass is 327 g/mol. The lowest BCUT2D eigenvalue weighted by Crippen LogP contribution is -2.27. The molecule has 122 valence electrons. The number of carbonyl (C=O) groups is 3. The van der Waals surface area contributed by atoms with E-state index in [2.05, 4.69) is 0 Å². The van der Waals surface area contributed by atoms with Crippen molar-refractivity contribution in [2.75, 3.05) is 11.4 Å². The first-order chi connectivity index (χ1) is 11.6. The van der Waals surface area contributed by atoms with Gasteiger partial charge in [0.2, 0.25) is 5.91 Å². The van der Waals surface area contributed by atoms with Crippen molar-refractivity contribution in [2.45, 2.75) is 6.42 Å². The molecule has 0 aliphatic carbocycles. The van der Waals surface area contributed by atoms with Crippen molar-refractivity contribution in [3.63, 3.8) is 0 Å². The second kappa shape index (κ2) is 6.62. The van der Waals surface area contributed by atoms with Gasteiger partial charge >= 0.3 is 5.97 Å². The Hall–Kier alpha value is -3.02. The molecule has 1 fully saturated rings. The van der Waals surface area contributed by atoms with Gasteiger partial charge in [0.1, 0.15) is 11.6 Å². The minimum Gasteiger partial charge on any atom is -0.425 e. The summed E-state index contributed by atoms with van der Waals surface area (Å²) in [5.41, 5.74) is 0.801. The molecule has 2 aromatic rings. The molecule has 1 atom stereocenters. The highest BCUT2D eigenvalue weighted by Gasteiger charge is 2.36. The van der Waals surface area contributed by atoms with E-state index < -0.39 is 17.7 Å². The third-order valence-corrected chi connectivity index (χ3v) is 3.85. The summed E-state index contributed by atoms with van der Waals surface area (Å²) < 4.78 is 18.2. The summed E-state index contributed by atoms with van der Waals surface area (Å²) >= 11 is 0. The standard InChI is InChI=1S/C18H14FNO4/c19-14-5-7-15(8-6-14)20-10-13(9-17(20)22)18(23)24-16-4-2-1-3-12(16)11-21/h1-8,11,13H,9-10H2/t13-/m1/s1. The molecule has 3 rings (SSSR count). The van der Waals surface area contributed by atoms with E-state index in [-0.39, 0.29) is 30.2 Å². The van der Waals surface area contributed by atoms with E-state index in [4.69, 9.17) is 4.74 Å². The van der Waals surface area contributed by atoms with Crippen LogP contribution in [0, 0.1) is 11.7 Å². The number of anilines is 1. The molecule has 0 N–H and O–H groups in total. The maximum atomic E-state index is 13.0. The van der Waals surface area contributed by atoms with Crippen LogP contribution in [-0.2, 0) is 9.59 Å². The van der Waals surface area contributed by atoms with Crippen LogP contribution in [0.1, 0.15) is 16.8 Å². The Balaban J connectivity index is 1.72. The summed E-state index contributed by atoms with van der Waals surface area (Å²) in [5.74, 6) is -1.66. The van der Waals surface area contributed by atoms with Gasteiger partial charge in [-0.2, -0.15) is 0 Å². The first kappa shape index (κ1) is 15.9. The molecular formula is C18H14FNO4. The number of hydrogen-bond donors (Lipinski definition) is 0. The minimum absolute atomic E-state index is 0.0134. The van der Waals surface area contributed by atoms with Crippen LogP contribution in [0.15, 0.2) is 48.5 Å². The Kier molecular flexibility index (Phi) is 4.37. The molecule has 5 nitrogen and oxygen atoms in total. The quantitative estimate of drug-likeness (QED) is 0.492. The molecule has 24 heavy (non-hydrogen) atoms. The number of aldehydes is 1. The molecule has 1 aliphatic heterocycles. The molecule has 0 saturated carbocycles. The van der Waals surface area contributed by atoms with Crippen LogP contribution in [0.3, 0.4) is 0 Å². The predicted octanol–water partition coefficient (Wildman–Crippen LogP) is 2.60. The Morgan fingerprint density at radius 3 is 2.58 bits per heavy atom. The van der Waals surface area contributed by atoms with Crippen molar-refractivity contribution >= 4 is 23.9 Å². The highest BCUT2D eigenvalue weighted by Crippen LogP contribution is 2.27. The number of halogens is 1. The van der Waals surface area contributed by atoms with Crippen LogP contribution >= 0.6 is 0 Å². The molecule has 1 heterocycles. The van der Waals surface area contributed by atoms with Crippen LogP contribution in [0.25, 0.3) is 0 Å². The number of carbonyl (C=O) groups excluding carboxylic acids is 3. The van der Waals surface area contributed by atoms with E-state index in [0.717, 1.165) is 0 Å². The zero-order chi connectivity index (χ0) is 17.1. The maximum Gasteiger partial charge on any atom is 0.316 e. The fraction of sp³-hybridized carbons (Fsp3) is 0.167. The topological polar surface area (TPSA) is 63.7 Å². The average Bonchev–Trinajstić information content (AvgIpc) is 2.98. The molecule has 1 saturated heterocycles. The van der Waals surface area contributed by atoms with Gasteiger partial charge in [-0.05, 0) is 36.4 Å². The van der Waals surface area contributed by atoms with Crippen LogP contribution in [0.2, 0.25) is 0 Å². The molecule has 1 aliphatic rings. The summed E-state index contributed by atoms with van der Waals surface area (Å²) in [6.45, 7) is 0.159. The van der Waals surface area contributed by atoms with Gasteiger partial charge in [0, 0.05) is 18.7 Å². The molecule has 2 aromatic carbocycles. The number of benzene rings is 2. The number of para-hydroxylation sites is 1. The average molecular weight is 327 g/mol. The van der Waals surface area contributed by atoms with E-state index in [0.29, 0.717) is 12.0 Å². The van der Waals surface area contributed by atoms with E-state index in [1.165, 1.54) is 35.2 Å². The molecular weight excluding hydrogens is 313 g/mol. The van der Waals surface area contributed by atoms with Gasteiger partial charge in [-0.25, -0.2) is 4.39 Å². The lowest BCUT2D eigenvalue weighted by Gasteiger charge is -2.16. The zero-order valence-electron chi connectivity index (χ0n) is 12.6. The molecule has 6 heteroatoms. The van der Waals surface area contributed by atoms with Gasteiger partial charge in [0.15, 0.2) is 6.29 Å². The van der Waals surface area contributed by atoms with E-state index in [1.807, 2.05) is 0 Å². The molecule has 1 amide bonds. The Labute approximate surface area is 137 Å². The fourth-order valence-electron chi connectivity index (χ4n) is 2.60. The van der Waals surface area contributed by atoms with E-state index >= 15 is 0 Å². The largest absolute Gasteiger partial charge is 0.425 e. The van der Waals surface area contributed by atoms with Gasteiger partial charge in [-0.3, -0.25) is 14.4 Å². The fourth-order valence-corrected chi connectivity index (χ4v) is 2.60. The van der Waals surface area contributed by atoms with Crippen LogP contribution < -0.4 is 9.64 Å². The van der Waals surface area contributed by atoms with Crippen molar-refractivity contribution in [3.05, 3.63) is 59.9 Å². The molecule has 0 bridgehead atoms. The van der Waals surface area contributed by atoms with Crippen molar-refractivity contribution < 1.29 is 23.5 Å². The smallest absolute Gasteiger partial charge is 0.316 e. The van der Waals surface area contributed by atoms with Crippen molar-refractivity contribution in [3.8, 4) is 5.75 Å². The summed E-state index contributed by atoms with van der Waals surface area (Å²) in [6, 6.07) is 11.9. The summed E-state index contributed by atoms with van der Waals surface area (Å²) in [7, 11) is 0. The zero-order valence-corrected chi connectivity index (χ0v) is 12.6. The molecule has 0 aromatic heterocycles. The SMILES string of the molecule is O=Cc1ccccc1OC(=O)[C@@H]1CC(=O)N(c2ccc(F)cc2)C1. The number of nitrogens with zero attached hydrogens (tertiary/aromatic N) is 1. The second-order valence-corrected chi connectivity index (χ2v) is 5.46. The van der Waals surface area contributed by atoms with E-state index in [9.17, 15) is 18.8 Å². The minimum atomic E-state index is -0.637. The third-order valence-electron chi connectivity index (χ3n) is 3.85.